The Morgan fingerprint density at radius 1 is 1.59 bits per heavy atom. The predicted octanol–water partition coefficient (Wildman–Crippen LogP) is -0.735. The van der Waals surface area contributed by atoms with Crippen LogP contribution in [-0.4, -0.2) is 46.8 Å². The first-order valence-electron chi connectivity index (χ1n) is 4.73. The van der Waals surface area contributed by atoms with Crippen LogP contribution in [0.15, 0.2) is 18.3 Å². The van der Waals surface area contributed by atoms with Crippen LogP contribution in [0.3, 0.4) is 0 Å². The number of rotatable bonds is 5. The van der Waals surface area contributed by atoms with E-state index >= 15 is 0 Å². The van der Waals surface area contributed by atoms with Gasteiger partial charge < -0.3 is 20.3 Å². The van der Waals surface area contributed by atoms with Gasteiger partial charge in [-0.15, -0.1) is 0 Å². The van der Waals surface area contributed by atoms with Gasteiger partial charge in [-0.05, 0) is 12.1 Å². The standard InChI is InChI=1S/C10H12N2O5/c1-17-9-6(3-2-4-11-9)8(14)12-7(5-13)10(15)16/h2-4,7,13H,5H2,1H3,(H,12,14)(H,15,16)/t7-/m1/s1. The van der Waals surface area contributed by atoms with Gasteiger partial charge in [0.05, 0.1) is 13.7 Å². The lowest BCUT2D eigenvalue weighted by Crippen LogP contribution is -2.43. The van der Waals surface area contributed by atoms with E-state index in [0.717, 1.165) is 0 Å². The molecule has 0 aromatic carbocycles. The van der Waals surface area contributed by atoms with E-state index in [9.17, 15) is 9.59 Å². The van der Waals surface area contributed by atoms with Crippen molar-refractivity contribution >= 4 is 11.9 Å². The number of ether oxygens (including phenoxy) is 1. The molecule has 3 N–H and O–H groups in total. The smallest absolute Gasteiger partial charge is 0.328 e. The molecule has 0 aliphatic rings. The largest absolute Gasteiger partial charge is 0.480 e. The molecule has 0 unspecified atom stereocenters. The Kier molecular flexibility index (Phi) is 4.41. The number of pyridine rings is 1. The number of aliphatic carboxylic acids is 1. The fraction of sp³-hybridized carbons (Fsp3) is 0.300. The van der Waals surface area contributed by atoms with Crippen molar-refractivity contribution in [3.05, 3.63) is 23.9 Å². The molecule has 92 valence electrons. The number of hydrogen-bond acceptors (Lipinski definition) is 5. The lowest BCUT2D eigenvalue weighted by molar-refractivity contribution is -0.140. The summed E-state index contributed by atoms with van der Waals surface area (Å²) < 4.78 is 4.86. The molecule has 17 heavy (non-hydrogen) atoms. The third-order valence-corrected chi connectivity index (χ3v) is 2.00. The molecule has 1 aromatic heterocycles. The number of carbonyl (C=O) groups is 2. The van der Waals surface area contributed by atoms with E-state index in [0.29, 0.717) is 0 Å². The Labute approximate surface area is 97.1 Å². The summed E-state index contributed by atoms with van der Waals surface area (Å²) in [5.41, 5.74) is 0.106. The molecule has 0 spiro atoms. The van der Waals surface area contributed by atoms with Gasteiger partial charge in [-0.3, -0.25) is 4.79 Å². The van der Waals surface area contributed by atoms with Crippen LogP contribution in [0.4, 0.5) is 0 Å². The number of aromatic nitrogens is 1. The first-order chi connectivity index (χ1) is 8.10. The van der Waals surface area contributed by atoms with Crippen LogP contribution in [0, 0.1) is 0 Å². The zero-order valence-corrected chi connectivity index (χ0v) is 9.08. The Morgan fingerprint density at radius 2 is 2.29 bits per heavy atom. The summed E-state index contributed by atoms with van der Waals surface area (Å²) in [5, 5.41) is 19.6. The number of carbonyl (C=O) groups excluding carboxylic acids is 1. The first kappa shape index (κ1) is 12.9. The SMILES string of the molecule is COc1ncccc1C(=O)N[C@H](CO)C(=O)O. The third-order valence-electron chi connectivity index (χ3n) is 2.00. The van der Waals surface area contributed by atoms with E-state index in [1.807, 2.05) is 0 Å². The number of carboxylic acid groups (broad SMARTS) is 1. The summed E-state index contributed by atoms with van der Waals surface area (Å²) in [6.45, 7) is -0.691. The van der Waals surface area contributed by atoms with Crippen LogP contribution in [0.5, 0.6) is 5.88 Å². The van der Waals surface area contributed by atoms with Gasteiger partial charge in [0, 0.05) is 6.20 Å². The molecule has 0 radical (unpaired) electrons. The lowest BCUT2D eigenvalue weighted by Gasteiger charge is -2.12. The Hall–Kier alpha value is -2.15. The second-order valence-corrected chi connectivity index (χ2v) is 3.11. The molecule has 7 heteroatoms. The van der Waals surface area contributed by atoms with Gasteiger partial charge in [0.2, 0.25) is 5.88 Å². The highest BCUT2D eigenvalue weighted by Gasteiger charge is 2.21. The van der Waals surface area contributed by atoms with Crippen LogP contribution >= 0.6 is 0 Å². The third kappa shape index (κ3) is 3.15. The predicted molar refractivity (Wildman–Crippen MR) is 56.8 cm³/mol. The molecule has 1 aromatic rings. The van der Waals surface area contributed by atoms with Gasteiger partial charge in [0.1, 0.15) is 5.56 Å². The quantitative estimate of drug-likeness (QED) is 0.625. The Bertz CT molecular complexity index is 421. The van der Waals surface area contributed by atoms with Crippen molar-refractivity contribution < 1.29 is 24.5 Å². The normalized spacial score (nSPS) is 11.6. The topological polar surface area (TPSA) is 109 Å². The second-order valence-electron chi connectivity index (χ2n) is 3.11. The maximum absolute atomic E-state index is 11.7. The number of aliphatic hydroxyl groups is 1. The number of nitrogens with zero attached hydrogens (tertiary/aromatic N) is 1. The second kappa shape index (κ2) is 5.80. The summed E-state index contributed by atoms with van der Waals surface area (Å²) in [6, 6.07) is 1.61. The summed E-state index contributed by atoms with van der Waals surface area (Å²) in [5.74, 6) is -1.90. The van der Waals surface area contributed by atoms with E-state index in [-0.39, 0.29) is 11.4 Å². The number of methoxy groups -OCH3 is 1. The fourth-order valence-electron chi connectivity index (χ4n) is 1.15. The minimum absolute atomic E-state index is 0.0899. The van der Waals surface area contributed by atoms with Crippen molar-refractivity contribution in [3.63, 3.8) is 0 Å². The number of carboxylic acids is 1. The zero-order valence-electron chi connectivity index (χ0n) is 9.08. The molecule has 1 rings (SSSR count). The van der Waals surface area contributed by atoms with Crippen molar-refractivity contribution in [3.8, 4) is 5.88 Å². The van der Waals surface area contributed by atoms with E-state index in [1.54, 1.807) is 0 Å². The van der Waals surface area contributed by atoms with Gasteiger partial charge in [-0.25, -0.2) is 9.78 Å². The highest BCUT2D eigenvalue weighted by Crippen LogP contribution is 2.13. The van der Waals surface area contributed by atoms with Crippen LogP contribution in [0.2, 0.25) is 0 Å². The lowest BCUT2D eigenvalue weighted by atomic mass is 10.2. The zero-order chi connectivity index (χ0) is 12.8. The van der Waals surface area contributed by atoms with Crippen LogP contribution in [-0.2, 0) is 4.79 Å². The van der Waals surface area contributed by atoms with E-state index in [4.69, 9.17) is 14.9 Å². The number of nitrogens with one attached hydrogen (secondary N) is 1. The van der Waals surface area contributed by atoms with Crippen LogP contribution < -0.4 is 10.1 Å². The van der Waals surface area contributed by atoms with Gasteiger partial charge in [0.15, 0.2) is 6.04 Å². The summed E-state index contributed by atoms with van der Waals surface area (Å²) in [6.07, 6.45) is 1.44. The van der Waals surface area contributed by atoms with Crippen LogP contribution in [0.25, 0.3) is 0 Å². The molecular formula is C10H12N2O5. The summed E-state index contributed by atoms with van der Waals surface area (Å²) in [4.78, 5) is 26.1. The molecule has 1 heterocycles. The Balaban J connectivity index is 2.86. The molecular weight excluding hydrogens is 228 g/mol. The molecule has 0 aliphatic heterocycles. The minimum atomic E-state index is -1.35. The summed E-state index contributed by atoms with van der Waals surface area (Å²) >= 11 is 0. The van der Waals surface area contributed by atoms with E-state index in [2.05, 4.69) is 10.3 Å². The average Bonchev–Trinajstić information content (AvgIpc) is 2.35. The summed E-state index contributed by atoms with van der Waals surface area (Å²) in [7, 11) is 1.35. The van der Waals surface area contributed by atoms with Gasteiger partial charge >= 0.3 is 5.97 Å². The van der Waals surface area contributed by atoms with Crippen molar-refractivity contribution in [2.45, 2.75) is 6.04 Å². The molecule has 0 aliphatic carbocycles. The van der Waals surface area contributed by atoms with Gasteiger partial charge in [-0.1, -0.05) is 0 Å². The molecule has 0 saturated carbocycles. The number of hydrogen-bond donors (Lipinski definition) is 3. The number of amides is 1. The highest BCUT2D eigenvalue weighted by molar-refractivity contribution is 5.98. The van der Waals surface area contributed by atoms with Crippen molar-refractivity contribution in [1.82, 2.24) is 10.3 Å². The monoisotopic (exact) mass is 240 g/mol. The number of aliphatic hydroxyl groups excluding tert-OH is 1. The Morgan fingerprint density at radius 3 is 2.82 bits per heavy atom. The van der Waals surface area contributed by atoms with Crippen molar-refractivity contribution in [1.29, 1.82) is 0 Å². The fourth-order valence-corrected chi connectivity index (χ4v) is 1.15. The van der Waals surface area contributed by atoms with Gasteiger partial charge in [0.25, 0.3) is 5.91 Å². The maximum atomic E-state index is 11.7. The van der Waals surface area contributed by atoms with E-state index < -0.39 is 24.5 Å². The molecule has 0 bridgehead atoms. The van der Waals surface area contributed by atoms with Crippen molar-refractivity contribution in [2.24, 2.45) is 0 Å². The molecule has 1 amide bonds. The molecule has 0 saturated heterocycles. The highest BCUT2D eigenvalue weighted by atomic mass is 16.5. The minimum Gasteiger partial charge on any atom is -0.480 e. The average molecular weight is 240 g/mol. The molecule has 7 nitrogen and oxygen atoms in total. The van der Waals surface area contributed by atoms with Crippen LogP contribution in [0.1, 0.15) is 10.4 Å². The van der Waals surface area contributed by atoms with E-state index in [1.165, 1.54) is 25.4 Å². The maximum Gasteiger partial charge on any atom is 0.328 e. The van der Waals surface area contributed by atoms with Crippen molar-refractivity contribution in [2.75, 3.05) is 13.7 Å². The molecule has 0 fully saturated rings. The molecule has 1 atom stereocenters. The van der Waals surface area contributed by atoms with Gasteiger partial charge in [-0.2, -0.15) is 0 Å². The first-order valence-corrected chi connectivity index (χ1v) is 4.73.